The van der Waals surface area contributed by atoms with Crippen molar-refractivity contribution in [2.45, 2.75) is 0 Å². The quantitative estimate of drug-likeness (QED) is 0.130. The Morgan fingerprint density at radius 3 is 1.00 bits per heavy atom. The molecule has 0 amide bonds. The molecule has 0 bridgehead atoms. The Balaban J connectivity index is -0.0000000138. The van der Waals surface area contributed by atoms with Gasteiger partial charge in [-0.25, -0.2) is 0 Å². The summed E-state index contributed by atoms with van der Waals surface area (Å²) >= 11 is -2.15. The third-order valence-electron chi connectivity index (χ3n) is 0. The Labute approximate surface area is 159 Å². The van der Waals surface area contributed by atoms with E-state index in [2.05, 4.69) is 0 Å². The van der Waals surface area contributed by atoms with Crippen LogP contribution in [0.3, 0.4) is 0 Å². The second kappa shape index (κ2) is 30.7. The number of hydrogen-bond donors (Lipinski definition) is 0. The van der Waals surface area contributed by atoms with Crippen molar-refractivity contribution >= 4 is 120 Å². The first-order valence-corrected chi connectivity index (χ1v) is 12.0. The van der Waals surface area contributed by atoms with Gasteiger partial charge in [-0.2, -0.15) is 0 Å². The minimum atomic E-state index is -5.17. The summed E-state index contributed by atoms with van der Waals surface area (Å²) in [6.45, 7) is -1.72. The first-order valence-electron chi connectivity index (χ1n) is 1.61. The molecule has 0 aliphatic carbocycles. The van der Waals surface area contributed by atoms with Crippen molar-refractivity contribution in [3.63, 3.8) is 0 Å². The molecule has 0 aliphatic heterocycles. The molecule has 6 radical (unpaired) electrons. The van der Waals surface area contributed by atoms with E-state index < -0.39 is 41.4 Å². The molecule has 4 N–H and O–H groups in total. The van der Waals surface area contributed by atoms with Crippen LogP contribution in [0.4, 0.5) is 0 Å². The van der Waals surface area contributed by atoms with Gasteiger partial charge in [0.05, 0.1) is 0 Å². The summed E-state index contributed by atoms with van der Waals surface area (Å²) < 4.78 is 69.3. The Kier molecular flexibility index (Phi) is 82.1. The van der Waals surface area contributed by atoms with Gasteiger partial charge in [-0.15, -0.1) is 0 Å². The Morgan fingerprint density at radius 1 is 1.00 bits per heavy atom. The second-order valence-electron chi connectivity index (χ2n) is 0.726. The number of rotatable bonds is 0. The molecule has 0 aliphatic rings. The standard InChI is InChI=1S/H2O4S.O2S.2H2O.2O.4Pb/c1-5(2,3)4;1-3-2;;;;;;;;/h(H2,1,2,3,4);;2*1H2;;;;;;/q;;;;;;;;2*+2/p-2. The van der Waals surface area contributed by atoms with Gasteiger partial charge in [0.15, 0.2) is 0 Å². The molecule has 0 atom stereocenters. The summed E-state index contributed by atoms with van der Waals surface area (Å²) in [5.74, 6) is 0. The van der Waals surface area contributed by atoms with Gasteiger partial charge in [0.2, 0.25) is 0 Å². The van der Waals surface area contributed by atoms with Crippen molar-refractivity contribution in [2.75, 3.05) is 0 Å². The predicted octanol–water partition coefficient (Wildman–Crippen LogP) is -5.42. The van der Waals surface area contributed by atoms with Crippen molar-refractivity contribution in [1.29, 1.82) is 0 Å². The zero-order chi connectivity index (χ0) is 10.8. The van der Waals surface area contributed by atoms with Crippen LogP contribution in [0, 0.1) is 0 Å². The van der Waals surface area contributed by atoms with Crippen molar-refractivity contribution in [3.05, 3.63) is 0 Å². The van der Waals surface area contributed by atoms with E-state index in [0.29, 0.717) is 0 Å². The molecule has 0 unspecified atom stereocenters. The fourth-order valence-electron chi connectivity index (χ4n) is 0. The molecule has 0 aromatic heterocycles. The molecule has 0 rings (SSSR count). The van der Waals surface area contributed by atoms with Crippen LogP contribution in [-0.4, -0.2) is 139 Å². The zero-order valence-electron chi connectivity index (χ0n) is 7.08. The van der Waals surface area contributed by atoms with Gasteiger partial charge in [-0.3, -0.25) is 8.42 Å². The Hall–Kier alpha value is 2.90. The predicted molar refractivity (Wildman–Crippen MR) is 51.0 cm³/mol. The van der Waals surface area contributed by atoms with Crippen molar-refractivity contribution in [3.8, 4) is 0 Å². The molecule has 10 nitrogen and oxygen atoms in total. The van der Waals surface area contributed by atoms with Gasteiger partial charge in [-0.1, -0.05) is 0 Å². The fraction of sp³-hybridized carbons (Fsp3) is 0. The number of hydrogen-bond acceptors (Lipinski definition) is 8. The van der Waals surface area contributed by atoms with Crippen LogP contribution in [0.1, 0.15) is 0 Å². The summed E-state index contributed by atoms with van der Waals surface area (Å²) in [4.78, 5) is 0. The van der Waals surface area contributed by atoms with Gasteiger partial charge < -0.3 is 20.1 Å². The van der Waals surface area contributed by atoms with E-state index in [4.69, 9.17) is 31.3 Å². The summed E-state index contributed by atoms with van der Waals surface area (Å²) in [6, 6.07) is 0. The zero-order valence-corrected chi connectivity index (χ0v) is 24.3. The largest absolute Gasteiger partial charge is 2.00 e. The minimum absolute atomic E-state index is 0. The van der Waals surface area contributed by atoms with E-state index in [1.54, 1.807) is 0 Å². The first-order chi connectivity index (χ1) is 5.15. The van der Waals surface area contributed by atoms with Crippen LogP contribution in [0.25, 0.3) is 0 Å². The van der Waals surface area contributed by atoms with E-state index in [1.807, 2.05) is 0 Å². The van der Waals surface area contributed by atoms with Gasteiger partial charge >= 0.3 is 123 Å². The monoisotopic (exact) mass is 1060 g/mol. The molecular weight excluding hydrogens is 1050 g/mol. The molecule has 16 heteroatoms. The van der Waals surface area contributed by atoms with Crippen LogP contribution < -0.4 is 0 Å². The van der Waals surface area contributed by atoms with Crippen molar-refractivity contribution in [2.24, 2.45) is 0 Å². The van der Waals surface area contributed by atoms with Gasteiger partial charge in [0, 0.05) is 10.4 Å². The molecule has 90 valence electrons. The molecule has 0 fully saturated rings. The molecular formula is H4O10Pb4S2+2. The summed E-state index contributed by atoms with van der Waals surface area (Å²) in [5.41, 5.74) is 0. The summed E-state index contributed by atoms with van der Waals surface area (Å²) in [7, 11) is -5.17. The van der Waals surface area contributed by atoms with E-state index >= 15 is 0 Å². The maximum absolute atomic E-state index is 9.06. The third kappa shape index (κ3) is 508. The first kappa shape index (κ1) is 42.8. The smallest absolute Gasteiger partial charge is 2.00 e. The maximum atomic E-state index is 9.06. The average molecular weight is 1060 g/mol. The topological polar surface area (TPSA) is 212 Å². The normalized spacial score (nSPS) is 5.62. The van der Waals surface area contributed by atoms with E-state index in [-0.39, 0.29) is 89.2 Å². The molecule has 0 aromatic carbocycles. The molecule has 0 spiro atoms. The average Bonchev–Trinajstić information content (AvgIpc) is 1.56. The molecule has 0 heterocycles. The van der Waals surface area contributed by atoms with Crippen molar-refractivity contribution in [1.82, 2.24) is 0 Å². The second-order valence-corrected chi connectivity index (χ2v) is 6.55. The molecule has 16 heavy (non-hydrogen) atoms. The van der Waals surface area contributed by atoms with Gasteiger partial charge in [0.25, 0.3) is 0 Å². The maximum Gasteiger partial charge on any atom is 2.00 e. The SMILES string of the molecule is O.O.O=S(=O)([O-])[O-].O=[S](=O)=[Pb].[O]=[Pb]=[O].[Pb+2].[Pb+2]. The van der Waals surface area contributed by atoms with E-state index in [1.165, 1.54) is 0 Å². The minimum Gasteiger partial charge on any atom is 2.00 e. The summed E-state index contributed by atoms with van der Waals surface area (Å²) in [6.07, 6.45) is 0. The van der Waals surface area contributed by atoms with Crippen LogP contribution in [0.2, 0.25) is 0 Å². The van der Waals surface area contributed by atoms with E-state index in [0.717, 1.165) is 0 Å². The van der Waals surface area contributed by atoms with E-state index in [9.17, 15) is 0 Å². The van der Waals surface area contributed by atoms with Gasteiger partial charge in [-0.05, 0) is 0 Å². The fourth-order valence-corrected chi connectivity index (χ4v) is 0. The van der Waals surface area contributed by atoms with Gasteiger partial charge in [0.1, 0.15) is 0 Å². The molecule has 0 aromatic rings. The third-order valence-corrected chi connectivity index (χ3v) is 0. The van der Waals surface area contributed by atoms with Crippen LogP contribution in [0.5, 0.6) is 0 Å². The van der Waals surface area contributed by atoms with Crippen LogP contribution in [-0.2, 0) is 22.5 Å². The Morgan fingerprint density at radius 2 is 1.00 bits per heavy atom. The van der Waals surface area contributed by atoms with Crippen LogP contribution >= 0.6 is 0 Å². The Bertz CT molecular complexity index is 301. The van der Waals surface area contributed by atoms with Crippen LogP contribution in [0.15, 0.2) is 0 Å². The van der Waals surface area contributed by atoms with Crippen molar-refractivity contribution < 1.29 is 42.3 Å². The summed E-state index contributed by atoms with van der Waals surface area (Å²) in [5, 5.41) is 0. The molecule has 0 saturated carbocycles. The molecule has 0 saturated heterocycles.